The Morgan fingerprint density at radius 1 is 1.44 bits per heavy atom. The molecule has 0 aliphatic rings. The van der Waals surface area contributed by atoms with Gasteiger partial charge in [-0.1, -0.05) is 16.6 Å². The van der Waals surface area contributed by atoms with Gasteiger partial charge >= 0.3 is 0 Å². The molecule has 0 aliphatic carbocycles. The molecule has 18 heavy (non-hydrogen) atoms. The number of hydrogen-bond donors (Lipinski definition) is 2. The zero-order valence-corrected chi connectivity index (χ0v) is 11.0. The first-order valence-corrected chi connectivity index (χ1v) is 6.34. The van der Waals surface area contributed by atoms with E-state index in [4.69, 9.17) is 0 Å². The summed E-state index contributed by atoms with van der Waals surface area (Å²) in [6, 6.07) is 7.88. The number of amides is 1. The maximum Gasteiger partial charge on any atom is 0.221 e. The Hall–Kier alpha value is -1.95. The summed E-state index contributed by atoms with van der Waals surface area (Å²) < 4.78 is 3.80. The smallest absolute Gasteiger partial charge is 0.221 e. The Morgan fingerprint density at radius 3 is 2.94 bits per heavy atom. The third-order valence-corrected chi connectivity index (χ3v) is 3.02. The summed E-state index contributed by atoms with van der Waals surface area (Å²) in [6.45, 7) is 3.55. The van der Waals surface area contributed by atoms with Crippen LogP contribution < -0.4 is 10.6 Å². The van der Waals surface area contributed by atoms with Crippen molar-refractivity contribution in [3.63, 3.8) is 0 Å². The molecule has 1 aromatic carbocycles. The number of nitrogens with zero attached hydrogens (tertiary/aromatic N) is 2. The van der Waals surface area contributed by atoms with E-state index in [9.17, 15) is 4.79 Å². The predicted octanol–water partition coefficient (Wildman–Crippen LogP) is 2.67. The van der Waals surface area contributed by atoms with E-state index >= 15 is 0 Å². The Bertz CT molecular complexity index is 527. The quantitative estimate of drug-likeness (QED) is 0.889. The summed E-state index contributed by atoms with van der Waals surface area (Å²) in [4.78, 5) is 11.0. The van der Waals surface area contributed by atoms with Crippen LogP contribution in [-0.2, 0) is 4.79 Å². The molecule has 2 aromatic rings. The van der Waals surface area contributed by atoms with Gasteiger partial charge in [-0.25, -0.2) is 0 Å². The lowest BCUT2D eigenvalue weighted by Gasteiger charge is -2.14. The normalized spacial score (nSPS) is 11.9. The Morgan fingerprint density at radius 2 is 2.28 bits per heavy atom. The second kappa shape index (κ2) is 5.59. The molecule has 94 valence electrons. The van der Waals surface area contributed by atoms with Crippen molar-refractivity contribution in [1.29, 1.82) is 0 Å². The highest BCUT2D eigenvalue weighted by Crippen LogP contribution is 2.22. The van der Waals surface area contributed by atoms with Crippen molar-refractivity contribution >= 4 is 28.1 Å². The van der Waals surface area contributed by atoms with Crippen LogP contribution in [0.3, 0.4) is 0 Å². The maximum absolute atomic E-state index is 11.0. The number of rotatable bonds is 4. The summed E-state index contributed by atoms with van der Waals surface area (Å²) in [5.74, 6) is -0.0700. The summed E-state index contributed by atoms with van der Waals surface area (Å²) >= 11 is 1.32. The minimum Gasteiger partial charge on any atom is -0.368 e. The first kappa shape index (κ1) is 12.5. The van der Waals surface area contributed by atoms with Crippen LogP contribution in [0.15, 0.2) is 30.5 Å². The van der Waals surface area contributed by atoms with Crippen molar-refractivity contribution in [2.45, 2.75) is 19.9 Å². The van der Waals surface area contributed by atoms with Gasteiger partial charge in [-0.15, -0.1) is 5.10 Å². The Balaban J connectivity index is 2.10. The van der Waals surface area contributed by atoms with Crippen molar-refractivity contribution < 1.29 is 4.79 Å². The average Bonchev–Trinajstić information content (AvgIpc) is 2.81. The molecule has 0 radical (unpaired) electrons. The fourth-order valence-electron chi connectivity index (χ4n) is 1.62. The fraction of sp³-hybridized carbons (Fsp3) is 0.250. The number of nitrogens with one attached hydrogen (secondary N) is 2. The van der Waals surface area contributed by atoms with Crippen molar-refractivity contribution in [2.24, 2.45) is 0 Å². The summed E-state index contributed by atoms with van der Waals surface area (Å²) in [7, 11) is 0. The summed E-state index contributed by atoms with van der Waals surface area (Å²) in [5.41, 5.74) is 1.89. The molecule has 1 atom stereocenters. The van der Waals surface area contributed by atoms with Crippen LogP contribution in [0.25, 0.3) is 0 Å². The van der Waals surface area contributed by atoms with E-state index in [1.165, 1.54) is 18.5 Å². The molecular weight excluding hydrogens is 248 g/mol. The van der Waals surface area contributed by atoms with Crippen LogP contribution in [0, 0.1) is 0 Å². The standard InChI is InChI=1S/C12H14N4OS/c1-8(14-12-7-13-16-18-12)10-4-3-5-11(6-10)15-9(2)17/h3-8,14H,1-2H3,(H,15,17). The highest BCUT2D eigenvalue weighted by atomic mass is 32.1. The molecule has 1 heterocycles. The molecule has 0 saturated carbocycles. The number of hydrogen-bond acceptors (Lipinski definition) is 5. The number of benzene rings is 1. The molecule has 2 N–H and O–H groups in total. The minimum atomic E-state index is -0.0700. The lowest BCUT2D eigenvalue weighted by atomic mass is 10.1. The molecule has 1 amide bonds. The van der Waals surface area contributed by atoms with E-state index in [-0.39, 0.29) is 11.9 Å². The molecule has 5 nitrogen and oxygen atoms in total. The van der Waals surface area contributed by atoms with Crippen LogP contribution in [0.2, 0.25) is 0 Å². The van der Waals surface area contributed by atoms with E-state index in [2.05, 4.69) is 20.2 Å². The lowest BCUT2D eigenvalue weighted by molar-refractivity contribution is -0.114. The third kappa shape index (κ3) is 3.27. The van der Waals surface area contributed by atoms with Gasteiger partial charge in [-0.05, 0) is 24.6 Å². The number of carbonyl (C=O) groups is 1. The van der Waals surface area contributed by atoms with E-state index in [0.29, 0.717) is 0 Å². The minimum absolute atomic E-state index is 0.0700. The lowest BCUT2D eigenvalue weighted by Crippen LogP contribution is -2.08. The van der Waals surface area contributed by atoms with E-state index in [1.54, 1.807) is 6.20 Å². The molecule has 1 aromatic heterocycles. The molecule has 0 saturated heterocycles. The predicted molar refractivity (Wildman–Crippen MR) is 72.7 cm³/mol. The summed E-state index contributed by atoms with van der Waals surface area (Å²) in [6.07, 6.45) is 1.69. The van der Waals surface area contributed by atoms with E-state index in [1.807, 2.05) is 31.2 Å². The van der Waals surface area contributed by atoms with Crippen molar-refractivity contribution in [3.05, 3.63) is 36.0 Å². The molecule has 0 aliphatic heterocycles. The number of carbonyl (C=O) groups excluding carboxylic acids is 1. The molecular formula is C12H14N4OS. The number of anilines is 2. The molecule has 1 unspecified atom stereocenters. The topological polar surface area (TPSA) is 66.9 Å². The molecule has 0 fully saturated rings. The first-order chi connectivity index (χ1) is 8.65. The summed E-state index contributed by atoms with van der Waals surface area (Å²) in [5, 5.41) is 10.8. The van der Waals surface area contributed by atoms with Crippen LogP contribution in [-0.4, -0.2) is 15.5 Å². The first-order valence-electron chi connectivity index (χ1n) is 5.56. The SMILES string of the molecule is CC(=O)Nc1cccc(C(C)Nc2cnns2)c1. The highest BCUT2D eigenvalue weighted by molar-refractivity contribution is 7.09. The molecule has 0 bridgehead atoms. The maximum atomic E-state index is 11.0. The van der Waals surface area contributed by atoms with Gasteiger partial charge in [0, 0.05) is 30.2 Å². The van der Waals surface area contributed by atoms with Crippen LogP contribution in [0.1, 0.15) is 25.5 Å². The van der Waals surface area contributed by atoms with Gasteiger partial charge in [-0.3, -0.25) is 4.79 Å². The van der Waals surface area contributed by atoms with Gasteiger partial charge < -0.3 is 10.6 Å². The second-order valence-electron chi connectivity index (χ2n) is 3.95. The van der Waals surface area contributed by atoms with Crippen LogP contribution >= 0.6 is 11.5 Å². The van der Waals surface area contributed by atoms with Crippen molar-refractivity contribution in [3.8, 4) is 0 Å². The van der Waals surface area contributed by atoms with Crippen LogP contribution in [0.5, 0.6) is 0 Å². The van der Waals surface area contributed by atoms with Gasteiger partial charge in [0.1, 0.15) is 5.00 Å². The highest BCUT2D eigenvalue weighted by Gasteiger charge is 2.07. The van der Waals surface area contributed by atoms with Gasteiger partial charge in [0.2, 0.25) is 5.91 Å². The molecule has 6 heteroatoms. The molecule has 2 rings (SSSR count). The zero-order chi connectivity index (χ0) is 13.0. The van der Waals surface area contributed by atoms with Gasteiger partial charge in [0.05, 0.1) is 6.20 Å². The Labute approximate surface area is 109 Å². The van der Waals surface area contributed by atoms with Crippen molar-refractivity contribution in [1.82, 2.24) is 9.59 Å². The second-order valence-corrected chi connectivity index (χ2v) is 4.74. The zero-order valence-electron chi connectivity index (χ0n) is 10.2. The largest absolute Gasteiger partial charge is 0.368 e. The van der Waals surface area contributed by atoms with E-state index in [0.717, 1.165) is 16.3 Å². The van der Waals surface area contributed by atoms with Crippen molar-refractivity contribution in [2.75, 3.05) is 10.6 Å². The molecule has 0 spiro atoms. The van der Waals surface area contributed by atoms with Gasteiger partial charge in [0.15, 0.2) is 0 Å². The van der Waals surface area contributed by atoms with Crippen LogP contribution in [0.4, 0.5) is 10.7 Å². The van der Waals surface area contributed by atoms with Gasteiger partial charge in [0.25, 0.3) is 0 Å². The van der Waals surface area contributed by atoms with Gasteiger partial charge in [-0.2, -0.15) is 0 Å². The Kier molecular flexibility index (Phi) is 3.88. The van der Waals surface area contributed by atoms with E-state index < -0.39 is 0 Å². The monoisotopic (exact) mass is 262 g/mol. The number of aromatic nitrogens is 2. The average molecular weight is 262 g/mol. The fourth-order valence-corrected chi connectivity index (χ4v) is 2.12. The third-order valence-electron chi connectivity index (χ3n) is 2.43.